The number of methoxy groups -OCH3 is 2. The molecule has 0 aliphatic heterocycles. The Hall–Kier alpha value is -2.62. The highest BCUT2D eigenvalue weighted by Crippen LogP contribution is 2.48. The molecule has 0 saturated carbocycles. The lowest BCUT2D eigenvalue weighted by Gasteiger charge is -2.15. The van der Waals surface area contributed by atoms with Crippen molar-refractivity contribution in [2.45, 2.75) is 0 Å². The van der Waals surface area contributed by atoms with Crippen molar-refractivity contribution in [1.29, 1.82) is 0 Å². The molecule has 4 heteroatoms. The molecule has 3 aromatic rings. The van der Waals surface area contributed by atoms with Crippen LogP contribution in [0.4, 0.5) is 0 Å². The van der Waals surface area contributed by atoms with E-state index in [1.165, 1.54) is 14.2 Å². The summed E-state index contributed by atoms with van der Waals surface area (Å²) in [5.74, 6) is 1.10. The Bertz CT molecular complexity index is 809. The first kappa shape index (κ1) is 12.4. The lowest BCUT2D eigenvalue weighted by Crippen LogP contribution is -1.92. The first-order chi connectivity index (χ1) is 9.69. The molecule has 0 aliphatic carbocycles. The van der Waals surface area contributed by atoms with Crippen LogP contribution in [0.25, 0.3) is 21.5 Å². The van der Waals surface area contributed by atoms with Crippen LogP contribution in [0.5, 0.6) is 23.0 Å². The van der Waals surface area contributed by atoms with E-state index in [0.29, 0.717) is 33.0 Å². The number of aromatic hydroxyl groups is 2. The van der Waals surface area contributed by atoms with Crippen LogP contribution >= 0.6 is 0 Å². The van der Waals surface area contributed by atoms with Gasteiger partial charge in [-0.3, -0.25) is 0 Å². The zero-order valence-corrected chi connectivity index (χ0v) is 11.2. The Morgan fingerprint density at radius 1 is 0.750 bits per heavy atom. The predicted molar refractivity (Wildman–Crippen MR) is 77.9 cm³/mol. The fraction of sp³-hybridized carbons (Fsp3) is 0.125. The summed E-state index contributed by atoms with van der Waals surface area (Å²) in [6.45, 7) is 0. The van der Waals surface area contributed by atoms with Gasteiger partial charge in [-0.15, -0.1) is 0 Å². The van der Waals surface area contributed by atoms with Crippen LogP contribution in [-0.2, 0) is 0 Å². The summed E-state index contributed by atoms with van der Waals surface area (Å²) >= 11 is 0. The van der Waals surface area contributed by atoms with E-state index >= 15 is 0 Å². The highest BCUT2D eigenvalue weighted by atomic mass is 16.5. The van der Waals surface area contributed by atoms with Gasteiger partial charge in [0.05, 0.1) is 19.6 Å². The van der Waals surface area contributed by atoms with Gasteiger partial charge in [-0.25, -0.2) is 0 Å². The summed E-state index contributed by atoms with van der Waals surface area (Å²) in [4.78, 5) is 0. The minimum atomic E-state index is 0.0733. The van der Waals surface area contributed by atoms with Crippen LogP contribution in [0.3, 0.4) is 0 Å². The van der Waals surface area contributed by atoms with Crippen LogP contribution in [0.15, 0.2) is 36.4 Å². The molecular formula is C16H14O4. The summed E-state index contributed by atoms with van der Waals surface area (Å²) in [7, 11) is 3.03. The number of phenols is 2. The standard InChI is InChI=1S/C16H14O4/c1-19-12-8-7-11-13(16(12)20-2)15(18)10-6-4-3-5-9(10)14(11)17/h3-8,17-18H,1-2H3. The molecule has 0 radical (unpaired) electrons. The number of rotatable bonds is 2. The van der Waals surface area contributed by atoms with Gasteiger partial charge >= 0.3 is 0 Å². The molecule has 102 valence electrons. The van der Waals surface area contributed by atoms with Crippen LogP contribution < -0.4 is 9.47 Å². The molecule has 0 unspecified atom stereocenters. The van der Waals surface area contributed by atoms with Gasteiger partial charge in [0.15, 0.2) is 11.5 Å². The maximum absolute atomic E-state index is 10.5. The van der Waals surface area contributed by atoms with E-state index in [2.05, 4.69) is 0 Å². The van der Waals surface area contributed by atoms with E-state index in [-0.39, 0.29) is 11.5 Å². The normalized spacial score (nSPS) is 10.9. The topological polar surface area (TPSA) is 58.9 Å². The van der Waals surface area contributed by atoms with Crippen molar-refractivity contribution in [3.8, 4) is 23.0 Å². The fourth-order valence-corrected chi connectivity index (χ4v) is 2.54. The molecule has 0 saturated heterocycles. The van der Waals surface area contributed by atoms with Gasteiger partial charge in [0, 0.05) is 16.2 Å². The fourth-order valence-electron chi connectivity index (χ4n) is 2.54. The van der Waals surface area contributed by atoms with E-state index in [4.69, 9.17) is 9.47 Å². The molecule has 0 aromatic heterocycles. The lowest BCUT2D eigenvalue weighted by molar-refractivity contribution is 0.357. The first-order valence-corrected chi connectivity index (χ1v) is 6.16. The molecule has 2 N–H and O–H groups in total. The minimum absolute atomic E-state index is 0.0733. The highest BCUT2D eigenvalue weighted by molar-refractivity contribution is 6.13. The van der Waals surface area contributed by atoms with Crippen LogP contribution in [0.2, 0.25) is 0 Å². The molecule has 0 fully saturated rings. The number of ether oxygens (including phenoxy) is 2. The Balaban J connectivity index is 2.59. The SMILES string of the molecule is COc1ccc2c(O)c3ccccc3c(O)c2c1OC. The summed E-state index contributed by atoms with van der Waals surface area (Å²) in [5.41, 5.74) is 0. The first-order valence-electron chi connectivity index (χ1n) is 6.16. The van der Waals surface area contributed by atoms with Gasteiger partial charge in [0.25, 0.3) is 0 Å². The molecule has 0 amide bonds. The maximum atomic E-state index is 10.5. The molecule has 0 atom stereocenters. The summed E-state index contributed by atoms with van der Waals surface area (Å²) < 4.78 is 10.6. The van der Waals surface area contributed by atoms with Crippen molar-refractivity contribution in [2.24, 2.45) is 0 Å². The van der Waals surface area contributed by atoms with E-state index in [1.54, 1.807) is 30.3 Å². The Labute approximate surface area is 115 Å². The molecule has 3 rings (SSSR count). The zero-order valence-electron chi connectivity index (χ0n) is 11.2. The minimum Gasteiger partial charge on any atom is -0.507 e. The second kappa shape index (κ2) is 4.49. The van der Waals surface area contributed by atoms with Gasteiger partial charge in [0.1, 0.15) is 11.5 Å². The molecular weight excluding hydrogens is 256 g/mol. The molecule has 3 aromatic carbocycles. The third kappa shape index (κ3) is 1.54. The number of hydrogen-bond donors (Lipinski definition) is 2. The second-order valence-electron chi connectivity index (χ2n) is 4.47. The third-order valence-corrected chi connectivity index (χ3v) is 3.47. The lowest BCUT2D eigenvalue weighted by atomic mass is 9.99. The van der Waals surface area contributed by atoms with Crippen LogP contribution in [0.1, 0.15) is 0 Å². The van der Waals surface area contributed by atoms with E-state index in [9.17, 15) is 10.2 Å². The highest BCUT2D eigenvalue weighted by Gasteiger charge is 2.18. The summed E-state index contributed by atoms with van der Waals surface area (Å²) in [6, 6.07) is 10.5. The molecule has 0 heterocycles. The number of phenolic OH excluding ortho intramolecular Hbond substituents is 2. The van der Waals surface area contributed by atoms with Gasteiger partial charge in [-0.05, 0) is 12.1 Å². The number of hydrogen-bond acceptors (Lipinski definition) is 4. The molecule has 0 aliphatic rings. The second-order valence-corrected chi connectivity index (χ2v) is 4.47. The van der Waals surface area contributed by atoms with E-state index in [1.807, 2.05) is 6.07 Å². The Kier molecular flexibility index (Phi) is 2.79. The van der Waals surface area contributed by atoms with Gasteiger partial charge in [-0.1, -0.05) is 24.3 Å². The zero-order chi connectivity index (χ0) is 14.3. The smallest absolute Gasteiger partial charge is 0.172 e. The van der Waals surface area contributed by atoms with E-state index < -0.39 is 0 Å². The molecule has 0 bridgehead atoms. The summed E-state index contributed by atoms with van der Waals surface area (Å²) in [5, 5.41) is 23.1. The largest absolute Gasteiger partial charge is 0.507 e. The predicted octanol–water partition coefficient (Wildman–Crippen LogP) is 3.42. The third-order valence-electron chi connectivity index (χ3n) is 3.47. The van der Waals surface area contributed by atoms with Crippen molar-refractivity contribution in [2.75, 3.05) is 14.2 Å². The molecule has 0 spiro atoms. The Morgan fingerprint density at radius 2 is 1.40 bits per heavy atom. The van der Waals surface area contributed by atoms with Crippen molar-refractivity contribution in [3.63, 3.8) is 0 Å². The maximum Gasteiger partial charge on any atom is 0.172 e. The summed E-state index contributed by atoms with van der Waals surface area (Å²) in [6.07, 6.45) is 0. The van der Waals surface area contributed by atoms with Gasteiger partial charge in [0.2, 0.25) is 0 Å². The van der Waals surface area contributed by atoms with Gasteiger partial charge in [-0.2, -0.15) is 0 Å². The Morgan fingerprint density at radius 3 is 2.00 bits per heavy atom. The van der Waals surface area contributed by atoms with Crippen molar-refractivity contribution < 1.29 is 19.7 Å². The monoisotopic (exact) mass is 270 g/mol. The number of benzene rings is 3. The van der Waals surface area contributed by atoms with Crippen molar-refractivity contribution in [1.82, 2.24) is 0 Å². The average molecular weight is 270 g/mol. The van der Waals surface area contributed by atoms with E-state index in [0.717, 1.165) is 0 Å². The number of fused-ring (bicyclic) bond motifs is 2. The van der Waals surface area contributed by atoms with Crippen molar-refractivity contribution in [3.05, 3.63) is 36.4 Å². The van der Waals surface area contributed by atoms with Crippen LogP contribution in [-0.4, -0.2) is 24.4 Å². The van der Waals surface area contributed by atoms with Crippen LogP contribution in [0, 0.1) is 0 Å². The van der Waals surface area contributed by atoms with Gasteiger partial charge < -0.3 is 19.7 Å². The molecule has 4 nitrogen and oxygen atoms in total. The quantitative estimate of drug-likeness (QED) is 0.553. The molecule has 20 heavy (non-hydrogen) atoms. The van der Waals surface area contributed by atoms with Crippen molar-refractivity contribution >= 4 is 21.5 Å². The average Bonchev–Trinajstić information content (AvgIpc) is 2.51.